The standard InChI is InChI=1S/C10H10NO3/c1-7(12)8-4-3-5-9(6-8)11-10(13)14-2/h3-6H,2H2,1H3,(H,11,13). The van der Waals surface area contributed by atoms with Gasteiger partial charge in [-0.2, -0.15) is 0 Å². The quantitative estimate of drug-likeness (QED) is 0.731. The van der Waals surface area contributed by atoms with Crippen LogP contribution in [0, 0.1) is 7.11 Å². The Morgan fingerprint density at radius 1 is 1.43 bits per heavy atom. The van der Waals surface area contributed by atoms with Crippen LogP contribution in [0.4, 0.5) is 10.5 Å². The Morgan fingerprint density at radius 2 is 2.14 bits per heavy atom. The van der Waals surface area contributed by atoms with Crippen LogP contribution in [0.1, 0.15) is 17.3 Å². The molecule has 0 bridgehead atoms. The lowest BCUT2D eigenvalue weighted by atomic mass is 10.1. The van der Waals surface area contributed by atoms with Crippen LogP contribution in [-0.4, -0.2) is 11.9 Å². The summed E-state index contributed by atoms with van der Waals surface area (Å²) in [4.78, 5) is 21.8. The molecule has 4 nitrogen and oxygen atoms in total. The Bertz CT molecular complexity index is 360. The Kier molecular flexibility index (Phi) is 3.23. The van der Waals surface area contributed by atoms with Gasteiger partial charge in [0.25, 0.3) is 0 Å². The number of carbonyl (C=O) groups is 2. The highest BCUT2D eigenvalue weighted by atomic mass is 16.5. The van der Waals surface area contributed by atoms with Crippen molar-refractivity contribution in [2.75, 3.05) is 5.32 Å². The maximum absolute atomic E-state index is 11.0. The summed E-state index contributed by atoms with van der Waals surface area (Å²) in [5, 5.41) is 2.41. The van der Waals surface area contributed by atoms with Crippen LogP contribution in [-0.2, 0) is 4.74 Å². The van der Waals surface area contributed by atoms with Crippen molar-refractivity contribution in [2.24, 2.45) is 0 Å². The predicted octanol–water partition coefficient (Wildman–Crippen LogP) is 2.23. The molecule has 0 aromatic heterocycles. The number of amides is 1. The highest BCUT2D eigenvalue weighted by Crippen LogP contribution is 2.11. The van der Waals surface area contributed by atoms with Gasteiger partial charge in [-0.3, -0.25) is 10.1 Å². The minimum absolute atomic E-state index is 0.0587. The average molecular weight is 192 g/mol. The van der Waals surface area contributed by atoms with Crippen LogP contribution in [0.3, 0.4) is 0 Å². The molecule has 4 heteroatoms. The molecule has 73 valence electrons. The third-order valence-electron chi connectivity index (χ3n) is 1.65. The number of nitrogens with one attached hydrogen (secondary N) is 1. The summed E-state index contributed by atoms with van der Waals surface area (Å²) in [6, 6.07) is 6.57. The lowest BCUT2D eigenvalue weighted by Crippen LogP contribution is -2.10. The zero-order valence-electron chi connectivity index (χ0n) is 7.74. The molecule has 1 aromatic carbocycles. The van der Waals surface area contributed by atoms with Gasteiger partial charge in [-0.1, -0.05) is 12.1 Å². The summed E-state index contributed by atoms with van der Waals surface area (Å²) in [6.45, 7) is 1.46. The van der Waals surface area contributed by atoms with Crippen molar-refractivity contribution in [3.8, 4) is 0 Å². The molecule has 0 atom stereocenters. The van der Waals surface area contributed by atoms with Crippen LogP contribution in [0.15, 0.2) is 24.3 Å². The van der Waals surface area contributed by atoms with Crippen LogP contribution >= 0.6 is 0 Å². The fourth-order valence-corrected chi connectivity index (χ4v) is 0.970. The second kappa shape index (κ2) is 4.41. The largest absolute Gasteiger partial charge is 0.446 e. The molecule has 1 amide bonds. The fourth-order valence-electron chi connectivity index (χ4n) is 0.970. The van der Waals surface area contributed by atoms with Crippen LogP contribution in [0.5, 0.6) is 0 Å². The monoisotopic (exact) mass is 192 g/mol. The molecule has 0 unspecified atom stereocenters. The van der Waals surface area contributed by atoms with E-state index in [1.165, 1.54) is 6.92 Å². The van der Waals surface area contributed by atoms with Gasteiger partial charge < -0.3 is 4.74 Å². The molecule has 0 fully saturated rings. The molecule has 0 aliphatic heterocycles. The van der Waals surface area contributed by atoms with Crippen molar-refractivity contribution in [3.63, 3.8) is 0 Å². The summed E-state index contributed by atoms with van der Waals surface area (Å²) < 4.78 is 4.17. The van der Waals surface area contributed by atoms with Crippen LogP contribution in [0.2, 0.25) is 0 Å². The lowest BCUT2D eigenvalue weighted by Gasteiger charge is -2.03. The molecule has 0 aliphatic carbocycles. The number of hydrogen-bond donors (Lipinski definition) is 1. The zero-order valence-corrected chi connectivity index (χ0v) is 7.74. The maximum atomic E-state index is 11.0. The number of anilines is 1. The molecule has 1 rings (SSSR count). The SMILES string of the molecule is [CH2]OC(=O)Nc1cccc(C(C)=O)c1. The second-order valence-electron chi connectivity index (χ2n) is 2.69. The highest BCUT2D eigenvalue weighted by Gasteiger charge is 2.03. The van der Waals surface area contributed by atoms with Gasteiger partial charge in [-0.25, -0.2) is 4.79 Å². The van der Waals surface area contributed by atoms with Gasteiger partial charge in [0.05, 0.1) is 0 Å². The van der Waals surface area contributed by atoms with Crippen molar-refractivity contribution in [2.45, 2.75) is 6.92 Å². The molecule has 1 aromatic rings. The lowest BCUT2D eigenvalue weighted by molar-refractivity contribution is 0.101. The van der Waals surface area contributed by atoms with Gasteiger partial charge in [0.15, 0.2) is 5.78 Å². The molecular weight excluding hydrogens is 182 g/mol. The van der Waals surface area contributed by atoms with Crippen molar-refractivity contribution >= 4 is 17.6 Å². The number of hydrogen-bond acceptors (Lipinski definition) is 3. The van der Waals surface area contributed by atoms with Crippen molar-refractivity contribution in [3.05, 3.63) is 36.9 Å². The molecule has 0 heterocycles. The number of Topliss-reactive ketones (excluding diaryl/α,β-unsaturated/α-hetero) is 1. The van der Waals surface area contributed by atoms with E-state index < -0.39 is 6.09 Å². The number of rotatable bonds is 2. The van der Waals surface area contributed by atoms with Crippen LogP contribution < -0.4 is 5.32 Å². The fraction of sp³-hybridized carbons (Fsp3) is 0.100. The van der Waals surface area contributed by atoms with E-state index in [-0.39, 0.29) is 5.78 Å². The van der Waals surface area contributed by atoms with E-state index in [1.54, 1.807) is 24.3 Å². The van der Waals surface area contributed by atoms with E-state index in [2.05, 4.69) is 17.2 Å². The molecule has 1 radical (unpaired) electrons. The maximum Gasteiger partial charge on any atom is 0.411 e. The molecule has 0 saturated carbocycles. The molecule has 0 spiro atoms. The number of ether oxygens (including phenoxy) is 1. The Labute approximate surface area is 81.9 Å². The van der Waals surface area contributed by atoms with Gasteiger partial charge in [-0.15, -0.1) is 0 Å². The molecule has 1 N–H and O–H groups in total. The third-order valence-corrected chi connectivity index (χ3v) is 1.65. The number of benzene rings is 1. The van der Waals surface area contributed by atoms with Gasteiger partial charge in [0.1, 0.15) is 7.11 Å². The van der Waals surface area contributed by atoms with E-state index in [0.717, 1.165) is 0 Å². The minimum Gasteiger partial charge on any atom is -0.446 e. The summed E-state index contributed by atoms with van der Waals surface area (Å²) >= 11 is 0. The minimum atomic E-state index is -0.661. The van der Waals surface area contributed by atoms with Gasteiger partial charge >= 0.3 is 6.09 Å². The zero-order chi connectivity index (χ0) is 10.6. The molecule has 0 saturated heterocycles. The second-order valence-corrected chi connectivity index (χ2v) is 2.69. The summed E-state index contributed by atoms with van der Waals surface area (Å²) in [6.07, 6.45) is -0.661. The van der Waals surface area contributed by atoms with Gasteiger partial charge in [-0.05, 0) is 19.1 Å². The van der Waals surface area contributed by atoms with Crippen LogP contribution in [0.25, 0.3) is 0 Å². The summed E-state index contributed by atoms with van der Waals surface area (Å²) in [5.74, 6) is -0.0587. The Balaban J connectivity index is 2.83. The van der Waals surface area contributed by atoms with Gasteiger partial charge in [0.2, 0.25) is 0 Å². The third kappa shape index (κ3) is 2.58. The molecule has 0 aliphatic rings. The van der Waals surface area contributed by atoms with Gasteiger partial charge in [0, 0.05) is 11.3 Å². The van der Waals surface area contributed by atoms with E-state index >= 15 is 0 Å². The van der Waals surface area contributed by atoms with E-state index in [1.807, 2.05) is 0 Å². The number of ketones is 1. The summed E-state index contributed by atoms with van der Waals surface area (Å²) in [7, 11) is 2.96. The number of carbonyl (C=O) groups excluding carboxylic acids is 2. The summed E-state index contributed by atoms with van der Waals surface area (Å²) in [5.41, 5.74) is 1.04. The Hall–Kier alpha value is -1.84. The van der Waals surface area contributed by atoms with E-state index in [4.69, 9.17) is 0 Å². The van der Waals surface area contributed by atoms with Crippen molar-refractivity contribution in [1.82, 2.24) is 0 Å². The highest BCUT2D eigenvalue weighted by molar-refractivity contribution is 5.96. The molecule has 14 heavy (non-hydrogen) atoms. The normalized spacial score (nSPS) is 9.29. The first kappa shape index (κ1) is 10.2. The average Bonchev–Trinajstić information content (AvgIpc) is 2.18. The van der Waals surface area contributed by atoms with E-state index in [0.29, 0.717) is 11.3 Å². The first-order valence-corrected chi connectivity index (χ1v) is 3.97. The Morgan fingerprint density at radius 3 is 2.71 bits per heavy atom. The smallest absolute Gasteiger partial charge is 0.411 e. The predicted molar refractivity (Wildman–Crippen MR) is 51.9 cm³/mol. The van der Waals surface area contributed by atoms with Crippen molar-refractivity contribution < 1.29 is 14.3 Å². The molecular formula is C10H10NO3. The first-order valence-electron chi connectivity index (χ1n) is 3.97. The topological polar surface area (TPSA) is 55.4 Å². The van der Waals surface area contributed by atoms with Crippen molar-refractivity contribution in [1.29, 1.82) is 0 Å². The first-order chi connectivity index (χ1) is 6.63. The van der Waals surface area contributed by atoms with E-state index in [9.17, 15) is 9.59 Å².